The van der Waals surface area contributed by atoms with Gasteiger partial charge in [0.1, 0.15) is 6.04 Å². The summed E-state index contributed by atoms with van der Waals surface area (Å²) in [6, 6.07) is 12.5. The number of nitrogens with one attached hydrogen (secondary N) is 1. The number of nitrogens with two attached hydrogens (primary N) is 1. The van der Waals surface area contributed by atoms with Crippen LogP contribution < -0.4 is 11.1 Å². The second-order valence-corrected chi connectivity index (χ2v) is 9.08. The number of carbonyl (C=O) groups is 2. The normalized spacial score (nSPS) is 21.8. The third-order valence-electron chi connectivity index (χ3n) is 5.70. The number of amides is 2. The Morgan fingerprint density at radius 3 is 2.48 bits per heavy atom. The number of benzene rings is 2. The van der Waals surface area contributed by atoms with Gasteiger partial charge in [-0.1, -0.05) is 57.2 Å². The molecule has 29 heavy (non-hydrogen) atoms. The largest absolute Gasteiger partial charge is 0.391 e. The Kier molecular flexibility index (Phi) is 5.96. The first kappa shape index (κ1) is 21.3. The molecule has 0 saturated carbocycles. The number of nitrogens with zero attached hydrogens (tertiary/aromatic N) is 1. The molecule has 0 bridgehead atoms. The number of rotatable bonds is 4. The van der Waals surface area contributed by atoms with Crippen LogP contribution in [0, 0.1) is 5.41 Å². The Balaban J connectivity index is 1.74. The molecule has 2 aromatic rings. The first-order chi connectivity index (χ1) is 13.6. The first-order valence-electron chi connectivity index (χ1n) is 10.1. The third-order valence-corrected chi connectivity index (χ3v) is 5.70. The minimum atomic E-state index is -0.735. The van der Waals surface area contributed by atoms with Gasteiger partial charge in [-0.25, -0.2) is 0 Å². The van der Waals surface area contributed by atoms with E-state index in [1.165, 1.54) is 4.90 Å². The van der Waals surface area contributed by atoms with Crippen LogP contribution >= 0.6 is 0 Å². The fraction of sp³-hybridized carbons (Fsp3) is 0.478. The summed E-state index contributed by atoms with van der Waals surface area (Å²) in [5, 5.41) is 15.4. The average Bonchev–Trinajstić information content (AvgIpc) is 3.07. The van der Waals surface area contributed by atoms with Gasteiger partial charge in [0.15, 0.2) is 0 Å². The standard InChI is InChI=1S/C23H31N3O3/c1-14(16-10-9-15-7-5-6-8-17(15)11-16)25-21(28)19-12-18(27)13-26(19)22(29)20(24)23(2,3)4/h5-11,14,18-20,27H,12-13,24H2,1-4H3,(H,25,28)/t14-,18+,19-,20+/m0/s1. The van der Waals surface area contributed by atoms with Gasteiger partial charge in [0.25, 0.3) is 0 Å². The van der Waals surface area contributed by atoms with Crippen molar-refractivity contribution < 1.29 is 14.7 Å². The van der Waals surface area contributed by atoms with E-state index in [1.54, 1.807) is 0 Å². The summed E-state index contributed by atoms with van der Waals surface area (Å²) >= 11 is 0. The van der Waals surface area contributed by atoms with E-state index in [0.717, 1.165) is 16.3 Å². The molecule has 0 aliphatic carbocycles. The molecular weight excluding hydrogens is 366 g/mol. The number of hydrogen-bond donors (Lipinski definition) is 3. The van der Waals surface area contributed by atoms with Crippen molar-refractivity contribution in [2.24, 2.45) is 11.1 Å². The number of β-amino-alcohol motifs (C(OH)–C–C–N with tert-alkyl or cyclic N) is 1. The molecule has 6 heteroatoms. The fourth-order valence-corrected chi connectivity index (χ4v) is 3.73. The van der Waals surface area contributed by atoms with Crippen molar-refractivity contribution in [3.05, 3.63) is 48.0 Å². The Bertz CT molecular complexity index is 906. The molecule has 0 radical (unpaired) electrons. The average molecular weight is 398 g/mol. The fourth-order valence-electron chi connectivity index (χ4n) is 3.73. The molecule has 0 unspecified atom stereocenters. The van der Waals surface area contributed by atoms with Gasteiger partial charge in [0, 0.05) is 13.0 Å². The van der Waals surface area contributed by atoms with Crippen LogP contribution in [0.3, 0.4) is 0 Å². The zero-order chi connectivity index (χ0) is 21.3. The van der Waals surface area contributed by atoms with Crippen LogP contribution in [-0.2, 0) is 9.59 Å². The quantitative estimate of drug-likeness (QED) is 0.738. The maximum Gasteiger partial charge on any atom is 0.243 e. The SMILES string of the molecule is C[C@H](NC(=O)[C@@H]1C[C@@H](O)CN1C(=O)[C@@H](N)C(C)(C)C)c1ccc2ccccc2c1. The lowest BCUT2D eigenvalue weighted by molar-refractivity contribution is -0.141. The predicted molar refractivity (Wildman–Crippen MR) is 114 cm³/mol. The lowest BCUT2D eigenvalue weighted by atomic mass is 9.86. The van der Waals surface area contributed by atoms with E-state index >= 15 is 0 Å². The van der Waals surface area contributed by atoms with Crippen LogP contribution in [0.15, 0.2) is 42.5 Å². The van der Waals surface area contributed by atoms with Crippen LogP contribution in [0.5, 0.6) is 0 Å². The smallest absolute Gasteiger partial charge is 0.243 e. The van der Waals surface area contributed by atoms with Gasteiger partial charge in [-0.15, -0.1) is 0 Å². The van der Waals surface area contributed by atoms with Crippen LogP contribution in [0.4, 0.5) is 0 Å². The molecule has 2 amide bonds. The number of hydrogen-bond acceptors (Lipinski definition) is 4. The second kappa shape index (κ2) is 8.13. The summed E-state index contributed by atoms with van der Waals surface area (Å²) in [5.74, 6) is -0.566. The Morgan fingerprint density at radius 1 is 1.17 bits per heavy atom. The van der Waals surface area contributed by atoms with E-state index in [4.69, 9.17) is 5.73 Å². The molecule has 1 fully saturated rings. The van der Waals surface area contributed by atoms with Gasteiger partial charge < -0.3 is 21.1 Å². The highest BCUT2D eigenvalue weighted by molar-refractivity contribution is 5.91. The number of aliphatic hydroxyl groups excluding tert-OH is 1. The van der Waals surface area contributed by atoms with Crippen LogP contribution in [0.2, 0.25) is 0 Å². The molecule has 1 heterocycles. The van der Waals surface area contributed by atoms with Crippen LogP contribution in [0.1, 0.15) is 45.7 Å². The lowest BCUT2D eigenvalue weighted by Crippen LogP contribution is -2.55. The maximum atomic E-state index is 13.0. The zero-order valence-corrected chi connectivity index (χ0v) is 17.6. The second-order valence-electron chi connectivity index (χ2n) is 9.08. The maximum absolute atomic E-state index is 13.0. The molecule has 4 atom stereocenters. The number of likely N-dealkylation sites (tertiary alicyclic amines) is 1. The molecule has 2 aromatic carbocycles. The van der Waals surface area contributed by atoms with Crippen molar-refractivity contribution in [2.75, 3.05) is 6.54 Å². The molecule has 4 N–H and O–H groups in total. The van der Waals surface area contributed by atoms with Crippen molar-refractivity contribution in [1.29, 1.82) is 0 Å². The highest BCUT2D eigenvalue weighted by atomic mass is 16.3. The zero-order valence-electron chi connectivity index (χ0n) is 17.6. The summed E-state index contributed by atoms with van der Waals surface area (Å²) in [4.78, 5) is 27.3. The minimum absolute atomic E-state index is 0.130. The van der Waals surface area contributed by atoms with Gasteiger partial charge in [-0.05, 0) is 34.7 Å². The minimum Gasteiger partial charge on any atom is -0.391 e. The summed E-state index contributed by atoms with van der Waals surface area (Å²) in [7, 11) is 0. The summed E-state index contributed by atoms with van der Waals surface area (Å²) in [6.07, 6.45) is -0.503. The number of fused-ring (bicyclic) bond motifs is 1. The first-order valence-corrected chi connectivity index (χ1v) is 10.1. The highest BCUT2D eigenvalue weighted by Gasteiger charge is 2.42. The van der Waals surface area contributed by atoms with E-state index in [9.17, 15) is 14.7 Å². The lowest BCUT2D eigenvalue weighted by Gasteiger charge is -2.32. The molecule has 1 aliphatic heterocycles. The van der Waals surface area contributed by atoms with Crippen molar-refractivity contribution in [2.45, 2.75) is 58.3 Å². The van der Waals surface area contributed by atoms with E-state index in [-0.39, 0.29) is 30.8 Å². The molecule has 6 nitrogen and oxygen atoms in total. The number of aliphatic hydroxyl groups is 1. The molecule has 156 valence electrons. The van der Waals surface area contributed by atoms with Crippen molar-refractivity contribution in [1.82, 2.24) is 10.2 Å². The summed E-state index contributed by atoms with van der Waals surface area (Å²) in [6.45, 7) is 7.71. The van der Waals surface area contributed by atoms with Crippen molar-refractivity contribution in [3.63, 3.8) is 0 Å². The highest BCUT2D eigenvalue weighted by Crippen LogP contribution is 2.26. The van der Waals surface area contributed by atoms with Gasteiger partial charge >= 0.3 is 0 Å². The Labute approximate surface area is 172 Å². The topological polar surface area (TPSA) is 95.7 Å². The molecule has 1 saturated heterocycles. The summed E-state index contributed by atoms with van der Waals surface area (Å²) in [5.41, 5.74) is 6.68. The summed E-state index contributed by atoms with van der Waals surface area (Å²) < 4.78 is 0. The molecule has 3 rings (SSSR count). The van der Waals surface area contributed by atoms with Crippen LogP contribution in [0.25, 0.3) is 10.8 Å². The molecule has 0 aromatic heterocycles. The van der Waals surface area contributed by atoms with E-state index in [1.807, 2.05) is 64.1 Å². The Morgan fingerprint density at radius 2 is 1.83 bits per heavy atom. The molecule has 1 aliphatic rings. The predicted octanol–water partition coefficient (Wildman–Crippen LogP) is 2.35. The van der Waals surface area contributed by atoms with E-state index < -0.39 is 23.6 Å². The van der Waals surface area contributed by atoms with Gasteiger partial charge in [-0.2, -0.15) is 0 Å². The van der Waals surface area contributed by atoms with Gasteiger partial charge in [0.2, 0.25) is 11.8 Å². The van der Waals surface area contributed by atoms with Crippen LogP contribution in [-0.4, -0.2) is 46.6 Å². The van der Waals surface area contributed by atoms with Gasteiger partial charge in [0.05, 0.1) is 18.2 Å². The third kappa shape index (κ3) is 4.60. The molecular formula is C23H31N3O3. The van der Waals surface area contributed by atoms with E-state index in [0.29, 0.717) is 0 Å². The van der Waals surface area contributed by atoms with Crippen molar-refractivity contribution >= 4 is 22.6 Å². The number of carbonyl (C=O) groups excluding carboxylic acids is 2. The van der Waals surface area contributed by atoms with Crippen molar-refractivity contribution in [3.8, 4) is 0 Å². The molecule has 0 spiro atoms. The monoisotopic (exact) mass is 397 g/mol. The van der Waals surface area contributed by atoms with E-state index in [2.05, 4.69) is 11.4 Å². The van der Waals surface area contributed by atoms with Gasteiger partial charge in [-0.3, -0.25) is 9.59 Å². The Hall–Kier alpha value is -2.44.